The normalized spacial score (nSPS) is 15.3. The number of hydrogen-bond donors (Lipinski definition) is 0. The van der Waals surface area contributed by atoms with Crippen LogP contribution in [0.25, 0.3) is 0 Å². The quantitative estimate of drug-likeness (QED) is 0.606. The van der Waals surface area contributed by atoms with Gasteiger partial charge in [0.2, 0.25) is 0 Å². The van der Waals surface area contributed by atoms with Crippen LogP contribution in [0.15, 0.2) is 61.1 Å². The van der Waals surface area contributed by atoms with E-state index in [0.717, 1.165) is 64.3 Å². The molecule has 3 heterocycles. The summed E-state index contributed by atoms with van der Waals surface area (Å²) in [6.07, 6.45) is 8.02. The Bertz CT molecular complexity index is 945. The minimum absolute atomic E-state index is 0.147. The van der Waals surface area contributed by atoms with E-state index < -0.39 is 0 Å². The molecule has 30 heavy (non-hydrogen) atoms. The molecule has 1 saturated heterocycles. The molecule has 0 aliphatic carbocycles. The van der Waals surface area contributed by atoms with Gasteiger partial charge in [0.15, 0.2) is 0 Å². The Morgan fingerprint density at radius 2 is 1.87 bits per heavy atom. The molecule has 0 bridgehead atoms. The van der Waals surface area contributed by atoms with Crippen LogP contribution in [-0.4, -0.2) is 56.2 Å². The highest BCUT2D eigenvalue weighted by molar-refractivity contribution is 5.92. The number of aryl methyl sites for hydroxylation is 3. The molecule has 6 heteroatoms. The third-order valence-corrected chi connectivity index (χ3v) is 5.83. The molecule has 1 fully saturated rings. The van der Waals surface area contributed by atoms with Crippen molar-refractivity contribution >= 4 is 5.91 Å². The summed E-state index contributed by atoms with van der Waals surface area (Å²) in [4.78, 5) is 17.7. The fraction of sp³-hybridized carbons (Fsp3) is 0.417. The Kier molecular flexibility index (Phi) is 6.64. The summed E-state index contributed by atoms with van der Waals surface area (Å²) in [5.41, 5.74) is 3.33. The van der Waals surface area contributed by atoms with E-state index in [1.807, 2.05) is 40.2 Å². The largest absolute Gasteiger partial charge is 0.343 e. The maximum Gasteiger partial charge on any atom is 0.270 e. The van der Waals surface area contributed by atoms with Crippen molar-refractivity contribution in [1.29, 1.82) is 0 Å². The van der Waals surface area contributed by atoms with Gasteiger partial charge in [-0.25, -0.2) is 0 Å². The summed E-state index contributed by atoms with van der Waals surface area (Å²) in [5.74, 6) is 0.147. The lowest BCUT2D eigenvalue weighted by molar-refractivity contribution is 0.0750. The molecule has 0 saturated carbocycles. The van der Waals surface area contributed by atoms with Crippen molar-refractivity contribution in [2.24, 2.45) is 0 Å². The minimum atomic E-state index is 0.147. The maximum absolute atomic E-state index is 13.2. The SMILES string of the molecule is CCn1cc(CN2CCCN(C(=O)c3cccn3CCc3ccccc3)CC2)cn1. The summed E-state index contributed by atoms with van der Waals surface area (Å²) in [5, 5.41) is 4.37. The minimum Gasteiger partial charge on any atom is -0.343 e. The van der Waals surface area contributed by atoms with E-state index in [-0.39, 0.29) is 5.91 Å². The highest BCUT2D eigenvalue weighted by Gasteiger charge is 2.22. The van der Waals surface area contributed by atoms with Crippen molar-refractivity contribution in [3.05, 3.63) is 77.9 Å². The molecule has 0 unspecified atom stereocenters. The van der Waals surface area contributed by atoms with Gasteiger partial charge in [-0.1, -0.05) is 30.3 Å². The number of carbonyl (C=O) groups is 1. The van der Waals surface area contributed by atoms with Crippen LogP contribution in [-0.2, 0) is 26.1 Å². The summed E-state index contributed by atoms with van der Waals surface area (Å²) >= 11 is 0. The van der Waals surface area contributed by atoms with Gasteiger partial charge in [0, 0.05) is 63.8 Å². The van der Waals surface area contributed by atoms with Crippen LogP contribution in [0.2, 0.25) is 0 Å². The highest BCUT2D eigenvalue weighted by atomic mass is 16.2. The first kappa shape index (κ1) is 20.4. The zero-order valence-electron chi connectivity index (χ0n) is 17.8. The van der Waals surface area contributed by atoms with Crippen LogP contribution in [0.3, 0.4) is 0 Å². The van der Waals surface area contributed by atoms with Gasteiger partial charge in [0.1, 0.15) is 5.69 Å². The summed E-state index contributed by atoms with van der Waals surface area (Å²) in [6, 6.07) is 14.4. The standard InChI is InChI=1S/C24H31N5O/c1-2-29-20-22(18-25-29)19-26-12-7-14-28(17-16-26)24(30)23-10-6-13-27(23)15-11-21-8-4-3-5-9-21/h3-6,8-10,13,18,20H,2,7,11-12,14-17,19H2,1H3. The van der Waals surface area contributed by atoms with Crippen LogP contribution in [0.4, 0.5) is 0 Å². The molecule has 1 amide bonds. The van der Waals surface area contributed by atoms with E-state index in [1.54, 1.807) is 0 Å². The van der Waals surface area contributed by atoms with Crippen molar-refractivity contribution in [3.8, 4) is 0 Å². The lowest BCUT2D eigenvalue weighted by atomic mass is 10.1. The van der Waals surface area contributed by atoms with Crippen LogP contribution in [0.5, 0.6) is 0 Å². The van der Waals surface area contributed by atoms with Gasteiger partial charge in [-0.2, -0.15) is 5.10 Å². The van der Waals surface area contributed by atoms with Crippen LogP contribution >= 0.6 is 0 Å². The van der Waals surface area contributed by atoms with Gasteiger partial charge in [0.05, 0.1) is 6.20 Å². The molecular weight excluding hydrogens is 374 g/mol. The monoisotopic (exact) mass is 405 g/mol. The van der Waals surface area contributed by atoms with Crippen molar-refractivity contribution in [3.63, 3.8) is 0 Å². The predicted octanol–water partition coefficient (Wildman–Crippen LogP) is 3.30. The second kappa shape index (κ2) is 9.76. The lowest BCUT2D eigenvalue weighted by Gasteiger charge is -2.22. The first-order valence-corrected chi connectivity index (χ1v) is 10.9. The van der Waals surface area contributed by atoms with E-state index in [0.29, 0.717) is 0 Å². The zero-order chi connectivity index (χ0) is 20.8. The molecule has 6 nitrogen and oxygen atoms in total. The van der Waals surface area contributed by atoms with Crippen LogP contribution < -0.4 is 0 Å². The van der Waals surface area contributed by atoms with Gasteiger partial charge in [-0.3, -0.25) is 14.4 Å². The first-order valence-electron chi connectivity index (χ1n) is 10.9. The van der Waals surface area contributed by atoms with Gasteiger partial charge >= 0.3 is 0 Å². The summed E-state index contributed by atoms with van der Waals surface area (Å²) in [7, 11) is 0. The molecule has 1 aliphatic heterocycles. The van der Waals surface area contributed by atoms with Crippen LogP contribution in [0, 0.1) is 0 Å². The van der Waals surface area contributed by atoms with Gasteiger partial charge in [-0.05, 0) is 37.5 Å². The maximum atomic E-state index is 13.2. The number of amides is 1. The Balaban J connectivity index is 1.34. The van der Waals surface area contributed by atoms with E-state index >= 15 is 0 Å². The molecule has 1 aliphatic rings. The Morgan fingerprint density at radius 1 is 1.00 bits per heavy atom. The highest BCUT2D eigenvalue weighted by Crippen LogP contribution is 2.14. The molecular formula is C24H31N5O. The second-order valence-corrected chi connectivity index (χ2v) is 7.95. The third-order valence-electron chi connectivity index (χ3n) is 5.83. The Morgan fingerprint density at radius 3 is 2.67 bits per heavy atom. The molecule has 1 aromatic carbocycles. The van der Waals surface area contributed by atoms with Crippen LogP contribution in [0.1, 0.15) is 35.0 Å². The zero-order valence-corrected chi connectivity index (χ0v) is 17.8. The van der Waals surface area contributed by atoms with Gasteiger partial charge in [0.25, 0.3) is 5.91 Å². The average molecular weight is 406 g/mol. The summed E-state index contributed by atoms with van der Waals surface area (Å²) in [6.45, 7) is 8.20. The Labute approximate surface area is 178 Å². The van der Waals surface area contributed by atoms with Crippen molar-refractivity contribution in [1.82, 2.24) is 24.1 Å². The van der Waals surface area contributed by atoms with Gasteiger partial charge < -0.3 is 9.47 Å². The number of hydrogen-bond acceptors (Lipinski definition) is 3. The predicted molar refractivity (Wildman–Crippen MR) is 118 cm³/mol. The van der Waals surface area contributed by atoms with E-state index in [9.17, 15) is 4.79 Å². The second-order valence-electron chi connectivity index (χ2n) is 7.95. The molecule has 2 aromatic heterocycles. The number of rotatable bonds is 7. The molecule has 0 atom stereocenters. The molecule has 3 aromatic rings. The first-order chi connectivity index (χ1) is 14.7. The summed E-state index contributed by atoms with van der Waals surface area (Å²) < 4.78 is 4.06. The van der Waals surface area contributed by atoms with Crippen molar-refractivity contribution in [2.45, 2.75) is 39.4 Å². The molecule has 0 spiro atoms. The molecule has 0 radical (unpaired) electrons. The average Bonchev–Trinajstić information content (AvgIpc) is 3.37. The van der Waals surface area contributed by atoms with Crippen molar-refractivity contribution < 1.29 is 4.79 Å². The van der Waals surface area contributed by atoms with E-state index in [2.05, 4.69) is 52.0 Å². The molecule has 158 valence electrons. The lowest BCUT2D eigenvalue weighted by Crippen LogP contribution is -2.36. The number of carbonyl (C=O) groups excluding carboxylic acids is 1. The third kappa shape index (κ3) is 5.00. The molecule has 4 rings (SSSR count). The van der Waals surface area contributed by atoms with Gasteiger partial charge in [-0.15, -0.1) is 0 Å². The topological polar surface area (TPSA) is 46.3 Å². The number of benzene rings is 1. The van der Waals surface area contributed by atoms with Crippen molar-refractivity contribution in [2.75, 3.05) is 26.2 Å². The Hall–Kier alpha value is -2.86. The van der Waals surface area contributed by atoms with E-state index in [4.69, 9.17) is 0 Å². The smallest absolute Gasteiger partial charge is 0.270 e. The molecule has 0 N–H and O–H groups in total. The number of aromatic nitrogens is 3. The van der Waals surface area contributed by atoms with E-state index in [1.165, 1.54) is 11.1 Å². The fourth-order valence-corrected chi connectivity index (χ4v) is 4.11. The fourth-order valence-electron chi connectivity index (χ4n) is 4.11. The number of nitrogens with zero attached hydrogens (tertiary/aromatic N) is 5.